The van der Waals surface area contributed by atoms with E-state index in [0.29, 0.717) is 24.9 Å². The minimum Gasteiger partial charge on any atom is -0.370 e. The van der Waals surface area contributed by atoms with E-state index in [1.54, 1.807) is 0 Å². The Hall–Kier alpha value is -0.940. The van der Waals surface area contributed by atoms with Crippen LogP contribution in [0.2, 0.25) is 0 Å². The van der Waals surface area contributed by atoms with Gasteiger partial charge >= 0.3 is 0 Å². The SMILES string of the molecule is CCOC(CC)c1noc(CNC)n1. The van der Waals surface area contributed by atoms with E-state index >= 15 is 0 Å². The number of rotatable bonds is 6. The first kappa shape index (κ1) is 11.1. The fourth-order valence-corrected chi connectivity index (χ4v) is 1.20. The number of aromatic nitrogens is 2. The minimum atomic E-state index is -0.0469. The first-order valence-corrected chi connectivity index (χ1v) is 4.90. The lowest BCUT2D eigenvalue weighted by molar-refractivity contribution is 0.0518. The Labute approximate surface area is 83.8 Å². The largest absolute Gasteiger partial charge is 0.370 e. The molecular formula is C9H17N3O2. The second-order valence-corrected chi connectivity index (χ2v) is 2.93. The van der Waals surface area contributed by atoms with Gasteiger partial charge in [-0.15, -0.1) is 0 Å². The van der Waals surface area contributed by atoms with Crippen molar-refractivity contribution in [3.8, 4) is 0 Å². The molecular weight excluding hydrogens is 182 g/mol. The van der Waals surface area contributed by atoms with Gasteiger partial charge in [0.2, 0.25) is 11.7 Å². The Balaban J connectivity index is 2.63. The molecule has 1 heterocycles. The number of hydrogen-bond donors (Lipinski definition) is 1. The number of hydrogen-bond acceptors (Lipinski definition) is 5. The Bertz CT molecular complexity index is 262. The number of nitrogens with one attached hydrogen (secondary N) is 1. The second kappa shape index (κ2) is 5.72. The average molecular weight is 199 g/mol. The first-order chi connectivity index (χ1) is 6.81. The van der Waals surface area contributed by atoms with E-state index in [2.05, 4.69) is 15.5 Å². The number of nitrogens with zero attached hydrogens (tertiary/aromatic N) is 2. The summed E-state index contributed by atoms with van der Waals surface area (Å²) in [6.45, 7) is 5.25. The summed E-state index contributed by atoms with van der Waals surface area (Å²) in [6.07, 6.45) is 0.807. The molecule has 0 spiro atoms. The van der Waals surface area contributed by atoms with Gasteiger partial charge in [0.05, 0.1) is 6.54 Å². The highest BCUT2D eigenvalue weighted by Crippen LogP contribution is 2.17. The summed E-state index contributed by atoms with van der Waals surface area (Å²) >= 11 is 0. The van der Waals surface area contributed by atoms with Crippen LogP contribution in [0.15, 0.2) is 4.52 Å². The average Bonchev–Trinajstić information content (AvgIpc) is 2.63. The van der Waals surface area contributed by atoms with Gasteiger partial charge in [-0.25, -0.2) is 0 Å². The van der Waals surface area contributed by atoms with Crippen molar-refractivity contribution in [3.05, 3.63) is 11.7 Å². The van der Waals surface area contributed by atoms with Gasteiger partial charge in [-0.3, -0.25) is 0 Å². The van der Waals surface area contributed by atoms with Crippen LogP contribution in [-0.4, -0.2) is 23.8 Å². The van der Waals surface area contributed by atoms with Gasteiger partial charge in [0.1, 0.15) is 6.10 Å². The molecule has 1 aromatic heterocycles. The van der Waals surface area contributed by atoms with Crippen LogP contribution in [0, 0.1) is 0 Å². The van der Waals surface area contributed by atoms with Crippen LogP contribution in [0.5, 0.6) is 0 Å². The third kappa shape index (κ3) is 2.78. The van der Waals surface area contributed by atoms with Crippen molar-refractivity contribution >= 4 is 0 Å². The maximum Gasteiger partial charge on any atom is 0.240 e. The molecule has 1 rings (SSSR count). The summed E-state index contributed by atoms with van der Waals surface area (Å²) in [7, 11) is 1.84. The van der Waals surface area contributed by atoms with Crippen molar-refractivity contribution in [3.63, 3.8) is 0 Å². The molecule has 0 fully saturated rings. The highest BCUT2D eigenvalue weighted by atomic mass is 16.5. The minimum absolute atomic E-state index is 0.0469. The standard InChI is InChI=1S/C9H17N3O2/c1-4-7(13-5-2)9-11-8(6-10-3)14-12-9/h7,10H,4-6H2,1-3H3. The number of ether oxygens (including phenoxy) is 1. The highest BCUT2D eigenvalue weighted by Gasteiger charge is 2.15. The molecule has 1 N–H and O–H groups in total. The van der Waals surface area contributed by atoms with E-state index in [4.69, 9.17) is 9.26 Å². The molecule has 0 aliphatic rings. The van der Waals surface area contributed by atoms with Gasteiger partial charge in [0.15, 0.2) is 0 Å². The lowest BCUT2D eigenvalue weighted by Crippen LogP contribution is -2.07. The van der Waals surface area contributed by atoms with Gasteiger partial charge < -0.3 is 14.6 Å². The zero-order valence-corrected chi connectivity index (χ0v) is 8.91. The second-order valence-electron chi connectivity index (χ2n) is 2.93. The lowest BCUT2D eigenvalue weighted by Gasteiger charge is -2.09. The van der Waals surface area contributed by atoms with E-state index in [9.17, 15) is 0 Å². The fraction of sp³-hybridized carbons (Fsp3) is 0.778. The van der Waals surface area contributed by atoms with Gasteiger partial charge in [0, 0.05) is 6.61 Å². The quantitative estimate of drug-likeness (QED) is 0.747. The van der Waals surface area contributed by atoms with Crippen LogP contribution in [0.25, 0.3) is 0 Å². The first-order valence-electron chi connectivity index (χ1n) is 4.90. The van der Waals surface area contributed by atoms with Crippen molar-refractivity contribution < 1.29 is 9.26 Å². The molecule has 14 heavy (non-hydrogen) atoms. The van der Waals surface area contributed by atoms with Crippen LogP contribution in [-0.2, 0) is 11.3 Å². The van der Waals surface area contributed by atoms with Gasteiger partial charge in [-0.05, 0) is 20.4 Å². The van der Waals surface area contributed by atoms with Gasteiger partial charge in [-0.2, -0.15) is 4.98 Å². The molecule has 0 radical (unpaired) electrons. The molecule has 1 aromatic rings. The topological polar surface area (TPSA) is 60.2 Å². The van der Waals surface area contributed by atoms with Crippen molar-refractivity contribution in [1.82, 2.24) is 15.5 Å². The predicted octanol–water partition coefficient (Wildman–Crippen LogP) is 1.28. The predicted molar refractivity (Wildman–Crippen MR) is 51.7 cm³/mol. The zero-order valence-electron chi connectivity index (χ0n) is 8.91. The van der Waals surface area contributed by atoms with Crippen molar-refractivity contribution in [2.24, 2.45) is 0 Å². The maximum atomic E-state index is 5.46. The summed E-state index contributed by atoms with van der Waals surface area (Å²) in [5, 5.41) is 6.82. The zero-order chi connectivity index (χ0) is 10.4. The molecule has 5 heteroatoms. The fourth-order valence-electron chi connectivity index (χ4n) is 1.20. The Kier molecular flexibility index (Phi) is 4.55. The van der Waals surface area contributed by atoms with E-state index in [-0.39, 0.29) is 6.10 Å². The molecule has 1 unspecified atom stereocenters. The molecule has 0 aliphatic heterocycles. The van der Waals surface area contributed by atoms with Gasteiger partial charge in [0.25, 0.3) is 0 Å². The van der Waals surface area contributed by atoms with E-state index < -0.39 is 0 Å². The normalized spacial score (nSPS) is 13.1. The maximum absolute atomic E-state index is 5.46. The molecule has 0 saturated carbocycles. The van der Waals surface area contributed by atoms with Crippen LogP contribution in [0.1, 0.15) is 38.1 Å². The van der Waals surface area contributed by atoms with Crippen LogP contribution in [0.4, 0.5) is 0 Å². The van der Waals surface area contributed by atoms with Crippen LogP contribution >= 0.6 is 0 Å². The molecule has 5 nitrogen and oxygen atoms in total. The molecule has 0 aliphatic carbocycles. The summed E-state index contributed by atoms with van der Waals surface area (Å²) in [5.41, 5.74) is 0. The molecule has 1 atom stereocenters. The van der Waals surface area contributed by atoms with Crippen LogP contribution in [0.3, 0.4) is 0 Å². The van der Waals surface area contributed by atoms with Crippen LogP contribution < -0.4 is 5.32 Å². The van der Waals surface area contributed by atoms with Gasteiger partial charge in [-0.1, -0.05) is 12.1 Å². The molecule has 0 saturated heterocycles. The smallest absolute Gasteiger partial charge is 0.240 e. The Morgan fingerprint density at radius 1 is 1.50 bits per heavy atom. The summed E-state index contributed by atoms with van der Waals surface area (Å²) < 4.78 is 10.5. The lowest BCUT2D eigenvalue weighted by atomic mass is 10.2. The van der Waals surface area contributed by atoms with E-state index in [0.717, 1.165) is 6.42 Å². The Morgan fingerprint density at radius 3 is 2.86 bits per heavy atom. The van der Waals surface area contributed by atoms with Crippen molar-refractivity contribution in [1.29, 1.82) is 0 Å². The Morgan fingerprint density at radius 2 is 2.29 bits per heavy atom. The third-order valence-electron chi connectivity index (χ3n) is 1.84. The van der Waals surface area contributed by atoms with Crippen molar-refractivity contribution in [2.75, 3.05) is 13.7 Å². The molecule has 0 amide bonds. The van der Waals surface area contributed by atoms with E-state index in [1.807, 2.05) is 20.9 Å². The summed E-state index contributed by atoms with van der Waals surface area (Å²) in [4.78, 5) is 4.22. The molecule has 80 valence electrons. The monoisotopic (exact) mass is 199 g/mol. The molecule has 0 bridgehead atoms. The highest BCUT2D eigenvalue weighted by molar-refractivity contribution is 4.90. The van der Waals surface area contributed by atoms with E-state index in [1.165, 1.54) is 0 Å². The third-order valence-corrected chi connectivity index (χ3v) is 1.84. The summed E-state index contributed by atoms with van der Waals surface area (Å²) in [5.74, 6) is 1.24. The summed E-state index contributed by atoms with van der Waals surface area (Å²) in [6, 6.07) is 0. The van der Waals surface area contributed by atoms with Crippen molar-refractivity contribution in [2.45, 2.75) is 32.9 Å². The molecule has 0 aromatic carbocycles.